The molecule has 130 valence electrons. The van der Waals surface area contributed by atoms with Gasteiger partial charge in [-0.05, 0) is 49.2 Å². The lowest BCUT2D eigenvalue weighted by molar-refractivity contribution is -0.121. The lowest BCUT2D eigenvalue weighted by atomic mass is 10.1. The third-order valence-electron chi connectivity index (χ3n) is 3.41. The fourth-order valence-corrected chi connectivity index (χ4v) is 2.27. The molecule has 3 N–H and O–H groups in total. The van der Waals surface area contributed by atoms with Gasteiger partial charge in [-0.1, -0.05) is 29.8 Å². The van der Waals surface area contributed by atoms with Gasteiger partial charge in [-0.25, -0.2) is 0 Å². The number of amides is 1. The van der Waals surface area contributed by atoms with E-state index in [0.717, 1.165) is 17.0 Å². The van der Waals surface area contributed by atoms with Gasteiger partial charge < -0.3 is 15.8 Å². The van der Waals surface area contributed by atoms with Crippen LogP contribution in [0.2, 0.25) is 5.02 Å². The topological polar surface area (TPSA) is 64.4 Å². The van der Waals surface area contributed by atoms with E-state index in [4.69, 9.17) is 22.1 Å². The predicted octanol–water partition coefficient (Wildman–Crippen LogP) is 3.86. The number of nitrogens with one attached hydrogen (secondary N) is 1. The van der Waals surface area contributed by atoms with E-state index in [0.29, 0.717) is 24.4 Å². The molecule has 0 bridgehead atoms. The smallest absolute Gasteiger partial charge is 0.220 e. The van der Waals surface area contributed by atoms with Gasteiger partial charge in [0, 0.05) is 17.1 Å². The molecule has 24 heavy (non-hydrogen) atoms. The monoisotopic (exact) mass is 368 g/mol. The van der Waals surface area contributed by atoms with Gasteiger partial charge in [0.15, 0.2) is 0 Å². The van der Waals surface area contributed by atoms with E-state index < -0.39 is 0 Å². The van der Waals surface area contributed by atoms with Crippen LogP contribution in [0.4, 0.5) is 5.69 Å². The summed E-state index contributed by atoms with van der Waals surface area (Å²) in [4.78, 5) is 11.9. The third-order valence-corrected chi connectivity index (χ3v) is 3.67. The molecule has 2 rings (SSSR count). The number of anilines is 1. The van der Waals surface area contributed by atoms with Gasteiger partial charge in [0.1, 0.15) is 11.9 Å². The first-order chi connectivity index (χ1) is 11.0. The van der Waals surface area contributed by atoms with Gasteiger partial charge in [0.2, 0.25) is 5.91 Å². The van der Waals surface area contributed by atoms with Crippen molar-refractivity contribution in [3.8, 4) is 5.75 Å². The van der Waals surface area contributed by atoms with Crippen molar-refractivity contribution in [2.45, 2.75) is 25.9 Å². The summed E-state index contributed by atoms with van der Waals surface area (Å²) in [5, 5.41) is 3.54. The van der Waals surface area contributed by atoms with Crippen molar-refractivity contribution in [3.63, 3.8) is 0 Å². The normalized spacial score (nSPS) is 11.2. The number of benzene rings is 2. The Morgan fingerprint density at radius 3 is 2.54 bits per heavy atom. The summed E-state index contributed by atoms with van der Waals surface area (Å²) in [7, 11) is 0. The summed E-state index contributed by atoms with van der Waals surface area (Å²) in [6.07, 6.45) is 0.911. The van der Waals surface area contributed by atoms with E-state index in [-0.39, 0.29) is 24.4 Å². The number of aryl methyl sites for hydroxylation is 1. The van der Waals surface area contributed by atoms with Crippen molar-refractivity contribution in [2.24, 2.45) is 0 Å². The Morgan fingerprint density at radius 2 is 1.88 bits per heavy atom. The van der Waals surface area contributed by atoms with Crippen LogP contribution in [0.15, 0.2) is 48.5 Å². The highest BCUT2D eigenvalue weighted by molar-refractivity contribution is 6.30. The third kappa shape index (κ3) is 6.69. The number of rotatable bonds is 7. The van der Waals surface area contributed by atoms with E-state index in [9.17, 15) is 4.79 Å². The quantitative estimate of drug-likeness (QED) is 0.729. The molecular formula is C18H22Cl2N2O2. The molecule has 0 heterocycles. The fraction of sp³-hybridized carbons (Fsp3) is 0.278. The van der Waals surface area contributed by atoms with Crippen molar-refractivity contribution in [3.05, 3.63) is 59.1 Å². The molecule has 1 amide bonds. The maximum Gasteiger partial charge on any atom is 0.220 e. The minimum absolute atomic E-state index is 0. The number of nitrogens with two attached hydrogens (primary N) is 1. The van der Waals surface area contributed by atoms with Crippen molar-refractivity contribution in [1.82, 2.24) is 5.32 Å². The first kappa shape index (κ1) is 20.1. The summed E-state index contributed by atoms with van der Waals surface area (Å²) in [6, 6.07) is 14.7. The molecule has 0 fully saturated rings. The summed E-state index contributed by atoms with van der Waals surface area (Å²) in [6.45, 7) is 2.36. The number of para-hydroxylation sites is 1. The van der Waals surface area contributed by atoms with Crippen LogP contribution in [-0.2, 0) is 11.2 Å². The molecule has 0 aliphatic heterocycles. The fourth-order valence-electron chi connectivity index (χ4n) is 2.14. The molecule has 0 aliphatic carbocycles. The van der Waals surface area contributed by atoms with Gasteiger partial charge in [0.05, 0.1) is 6.54 Å². The minimum atomic E-state index is -0.123. The molecule has 2 aromatic carbocycles. The highest BCUT2D eigenvalue weighted by Gasteiger charge is 2.08. The van der Waals surface area contributed by atoms with Crippen LogP contribution in [0.25, 0.3) is 0 Å². The Hall–Kier alpha value is -1.91. The molecule has 0 spiro atoms. The molecule has 0 aromatic heterocycles. The minimum Gasteiger partial charge on any atom is -0.489 e. The Morgan fingerprint density at radius 1 is 1.21 bits per heavy atom. The SMILES string of the molecule is CC(CNC(=O)CCc1ccccc1N)Oc1ccc(Cl)cc1.Cl. The lowest BCUT2D eigenvalue weighted by Gasteiger charge is -2.15. The number of carbonyl (C=O) groups is 1. The van der Waals surface area contributed by atoms with Crippen LogP contribution in [0.3, 0.4) is 0 Å². The molecule has 0 saturated carbocycles. The highest BCUT2D eigenvalue weighted by Crippen LogP contribution is 2.16. The van der Waals surface area contributed by atoms with Crippen LogP contribution in [0.5, 0.6) is 5.75 Å². The van der Waals surface area contributed by atoms with E-state index in [1.807, 2.05) is 31.2 Å². The van der Waals surface area contributed by atoms with Gasteiger partial charge >= 0.3 is 0 Å². The molecule has 1 atom stereocenters. The van der Waals surface area contributed by atoms with Crippen molar-refractivity contribution < 1.29 is 9.53 Å². The molecule has 1 unspecified atom stereocenters. The number of nitrogen functional groups attached to an aromatic ring is 1. The van der Waals surface area contributed by atoms with E-state index in [2.05, 4.69) is 5.32 Å². The molecule has 2 aromatic rings. The number of hydrogen-bond acceptors (Lipinski definition) is 3. The maximum atomic E-state index is 11.9. The van der Waals surface area contributed by atoms with E-state index >= 15 is 0 Å². The Labute approximate surface area is 153 Å². The molecular weight excluding hydrogens is 347 g/mol. The van der Waals surface area contributed by atoms with Gasteiger partial charge in [0.25, 0.3) is 0 Å². The Kier molecular flexibility index (Phi) is 8.44. The first-order valence-electron chi connectivity index (χ1n) is 7.57. The second-order valence-electron chi connectivity index (χ2n) is 5.39. The largest absolute Gasteiger partial charge is 0.489 e. The maximum absolute atomic E-state index is 11.9. The number of hydrogen-bond donors (Lipinski definition) is 2. The van der Waals surface area contributed by atoms with E-state index in [1.165, 1.54) is 0 Å². The zero-order chi connectivity index (χ0) is 16.7. The summed E-state index contributed by atoms with van der Waals surface area (Å²) >= 11 is 5.83. The zero-order valence-corrected chi connectivity index (χ0v) is 15.1. The van der Waals surface area contributed by atoms with Crippen LogP contribution in [0, 0.1) is 0 Å². The van der Waals surface area contributed by atoms with Crippen molar-refractivity contribution >= 4 is 35.6 Å². The van der Waals surface area contributed by atoms with Crippen molar-refractivity contribution in [1.29, 1.82) is 0 Å². The second-order valence-corrected chi connectivity index (χ2v) is 5.82. The average molecular weight is 369 g/mol. The summed E-state index contributed by atoms with van der Waals surface area (Å²) in [5.74, 6) is 0.716. The van der Waals surface area contributed by atoms with Crippen LogP contribution >= 0.6 is 24.0 Å². The highest BCUT2D eigenvalue weighted by atomic mass is 35.5. The summed E-state index contributed by atoms with van der Waals surface area (Å²) < 4.78 is 5.71. The number of halogens is 2. The van der Waals surface area contributed by atoms with Crippen LogP contribution in [0.1, 0.15) is 18.9 Å². The summed E-state index contributed by atoms with van der Waals surface area (Å²) in [5.41, 5.74) is 7.58. The molecule has 0 radical (unpaired) electrons. The number of carbonyl (C=O) groups excluding carboxylic acids is 1. The Bertz CT molecular complexity index is 648. The Balaban J connectivity index is 0.00000288. The first-order valence-corrected chi connectivity index (χ1v) is 7.94. The lowest BCUT2D eigenvalue weighted by Crippen LogP contribution is -2.33. The molecule has 6 heteroatoms. The predicted molar refractivity (Wildman–Crippen MR) is 101 cm³/mol. The zero-order valence-electron chi connectivity index (χ0n) is 13.5. The van der Waals surface area contributed by atoms with Gasteiger partial charge in [-0.15, -0.1) is 12.4 Å². The molecule has 0 saturated heterocycles. The van der Waals surface area contributed by atoms with Crippen LogP contribution in [-0.4, -0.2) is 18.6 Å². The molecule has 0 aliphatic rings. The average Bonchev–Trinajstić information content (AvgIpc) is 2.54. The van der Waals surface area contributed by atoms with E-state index in [1.54, 1.807) is 24.3 Å². The standard InChI is InChI=1S/C18H21ClN2O2.ClH/c1-13(23-16-9-7-15(19)8-10-16)12-21-18(22)11-6-14-4-2-3-5-17(14)20;/h2-5,7-10,13H,6,11-12,20H2,1H3,(H,21,22);1H. The van der Waals surface area contributed by atoms with Crippen molar-refractivity contribution in [2.75, 3.05) is 12.3 Å². The molecule has 4 nitrogen and oxygen atoms in total. The van der Waals surface area contributed by atoms with Gasteiger partial charge in [-0.3, -0.25) is 4.79 Å². The second kappa shape index (κ2) is 10.1. The number of ether oxygens (including phenoxy) is 1. The van der Waals surface area contributed by atoms with Gasteiger partial charge in [-0.2, -0.15) is 0 Å². The van der Waals surface area contributed by atoms with Crippen LogP contribution < -0.4 is 15.8 Å².